The second-order valence-electron chi connectivity index (χ2n) is 4.96. The Morgan fingerprint density at radius 1 is 1.44 bits per heavy atom. The molecular formula is C13H21N5. The smallest absolute Gasteiger partial charge is 0.152 e. The third-order valence-electron chi connectivity index (χ3n) is 3.12. The van der Waals surface area contributed by atoms with E-state index in [0.29, 0.717) is 18.5 Å². The highest BCUT2D eigenvalue weighted by molar-refractivity contribution is 5.68. The highest BCUT2D eigenvalue weighted by Gasteiger charge is 2.14. The number of hydrogen-bond acceptors (Lipinski definition) is 4. The minimum Gasteiger partial charge on any atom is -0.365 e. The van der Waals surface area contributed by atoms with E-state index in [0.717, 1.165) is 23.4 Å². The molecule has 0 bridgehead atoms. The van der Waals surface area contributed by atoms with Crippen molar-refractivity contribution in [2.24, 2.45) is 11.7 Å². The van der Waals surface area contributed by atoms with Crippen molar-refractivity contribution in [1.29, 1.82) is 0 Å². The predicted octanol–water partition coefficient (Wildman–Crippen LogP) is 1.82. The number of nitrogens with zero attached hydrogens (tertiary/aromatic N) is 3. The van der Waals surface area contributed by atoms with Crippen LogP contribution in [0.4, 0.5) is 5.82 Å². The van der Waals surface area contributed by atoms with Crippen LogP contribution < -0.4 is 11.1 Å². The van der Waals surface area contributed by atoms with Crippen LogP contribution in [0.1, 0.15) is 26.0 Å². The van der Waals surface area contributed by atoms with Gasteiger partial charge in [-0.2, -0.15) is 5.10 Å². The van der Waals surface area contributed by atoms with Crippen LogP contribution in [0, 0.1) is 12.8 Å². The molecule has 18 heavy (non-hydrogen) atoms. The molecule has 0 amide bonds. The Balaban J connectivity index is 2.29. The van der Waals surface area contributed by atoms with Gasteiger partial charge in [0.15, 0.2) is 5.82 Å². The number of nitrogens with one attached hydrogen (secondary N) is 1. The zero-order valence-corrected chi connectivity index (χ0v) is 11.2. The molecule has 0 spiro atoms. The third-order valence-corrected chi connectivity index (χ3v) is 3.12. The molecule has 0 fully saturated rings. The van der Waals surface area contributed by atoms with Crippen LogP contribution in [0.15, 0.2) is 18.5 Å². The Morgan fingerprint density at radius 2 is 2.22 bits per heavy atom. The van der Waals surface area contributed by atoms with Gasteiger partial charge in [-0.05, 0) is 31.9 Å². The summed E-state index contributed by atoms with van der Waals surface area (Å²) in [5, 5.41) is 7.87. The van der Waals surface area contributed by atoms with Gasteiger partial charge in [-0.25, -0.2) is 9.50 Å². The Kier molecular flexibility index (Phi) is 3.81. The van der Waals surface area contributed by atoms with E-state index in [1.165, 1.54) is 0 Å². The van der Waals surface area contributed by atoms with Crippen LogP contribution in [-0.4, -0.2) is 27.2 Å². The van der Waals surface area contributed by atoms with E-state index < -0.39 is 0 Å². The molecule has 98 valence electrons. The standard InChI is InChI=1S/C13H21N5/c1-9(2)11(4-5-14)16-13-12-8-10(3)17-18(12)7-6-15-13/h6-9,11H,4-5,14H2,1-3H3,(H,15,16). The maximum Gasteiger partial charge on any atom is 0.152 e. The first kappa shape index (κ1) is 12.8. The Labute approximate surface area is 107 Å². The summed E-state index contributed by atoms with van der Waals surface area (Å²) in [6, 6.07) is 2.37. The van der Waals surface area contributed by atoms with Crippen LogP contribution >= 0.6 is 0 Å². The maximum atomic E-state index is 5.66. The molecule has 0 aliphatic carbocycles. The minimum absolute atomic E-state index is 0.337. The van der Waals surface area contributed by atoms with E-state index in [-0.39, 0.29) is 0 Å². The summed E-state index contributed by atoms with van der Waals surface area (Å²) in [5.41, 5.74) is 7.66. The lowest BCUT2D eigenvalue weighted by Gasteiger charge is -2.22. The number of nitrogens with two attached hydrogens (primary N) is 1. The second-order valence-corrected chi connectivity index (χ2v) is 4.96. The molecule has 1 atom stereocenters. The van der Waals surface area contributed by atoms with Gasteiger partial charge in [-0.3, -0.25) is 0 Å². The average Bonchev–Trinajstić information content (AvgIpc) is 2.69. The highest BCUT2D eigenvalue weighted by atomic mass is 15.2. The lowest BCUT2D eigenvalue weighted by atomic mass is 10.0. The lowest BCUT2D eigenvalue weighted by molar-refractivity contribution is 0.497. The minimum atomic E-state index is 0.337. The summed E-state index contributed by atoms with van der Waals surface area (Å²) >= 11 is 0. The van der Waals surface area contributed by atoms with E-state index in [1.807, 2.05) is 23.7 Å². The molecule has 2 rings (SSSR count). The van der Waals surface area contributed by atoms with Gasteiger partial charge in [-0.1, -0.05) is 13.8 Å². The summed E-state index contributed by atoms with van der Waals surface area (Å²) in [4.78, 5) is 4.41. The third kappa shape index (κ3) is 2.61. The van der Waals surface area contributed by atoms with Crippen molar-refractivity contribution in [1.82, 2.24) is 14.6 Å². The number of fused-ring (bicyclic) bond motifs is 1. The van der Waals surface area contributed by atoms with Gasteiger partial charge in [0.2, 0.25) is 0 Å². The molecule has 0 aromatic carbocycles. The Hall–Kier alpha value is -1.62. The number of hydrogen-bond donors (Lipinski definition) is 2. The van der Waals surface area contributed by atoms with Gasteiger partial charge in [0.1, 0.15) is 5.52 Å². The van der Waals surface area contributed by atoms with Gasteiger partial charge >= 0.3 is 0 Å². The molecule has 0 radical (unpaired) electrons. The molecule has 3 N–H and O–H groups in total. The van der Waals surface area contributed by atoms with Crippen LogP contribution in [0.25, 0.3) is 5.52 Å². The fraction of sp³-hybridized carbons (Fsp3) is 0.538. The normalized spacial score (nSPS) is 13.2. The van der Waals surface area contributed by atoms with Crippen molar-refractivity contribution < 1.29 is 0 Å². The molecule has 0 aliphatic rings. The van der Waals surface area contributed by atoms with Gasteiger partial charge in [0.25, 0.3) is 0 Å². The fourth-order valence-corrected chi connectivity index (χ4v) is 2.08. The van der Waals surface area contributed by atoms with Crippen molar-refractivity contribution in [3.05, 3.63) is 24.2 Å². The number of aromatic nitrogens is 3. The lowest BCUT2D eigenvalue weighted by Crippen LogP contribution is -2.29. The molecule has 2 aromatic heterocycles. The first-order valence-corrected chi connectivity index (χ1v) is 6.39. The number of rotatable bonds is 5. The van der Waals surface area contributed by atoms with Crippen LogP contribution in [-0.2, 0) is 0 Å². The molecule has 0 saturated heterocycles. The number of aryl methyl sites for hydroxylation is 1. The van der Waals surface area contributed by atoms with Gasteiger partial charge in [-0.15, -0.1) is 0 Å². The quantitative estimate of drug-likeness (QED) is 0.845. The zero-order valence-electron chi connectivity index (χ0n) is 11.2. The molecule has 2 aromatic rings. The van der Waals surface area contributed by atoms with E-state index in [9.17, 15) is 0 Å². The van der Waals surface area contributed by atoms with Crippen molar-refractivity contribution in [2.45, 2.75) is 33.2 Å². The Bertz CT molecular complexity index is 517. The molecule has 5 nitrogen and oxygen atoms in total. The van der Waals surface area contributed by atoms with Crippen molar-refractivity contribution >= 4 is 11.3 Å². The van der Waals surface area contributed by atoms with Crippen molar-refractivity contribution in [3.8, 4) is 0 Å². The van der Waals surface area contributed by atoms with E-state index in [2.05, 4.69) is 29.2 Å². The van der Waals surface area contributed by atoms with Crippen molar-refractivity contribution in [2.75, 3.05) is 11.9 Å². The van der Waals surface area contributed by atoms with Gasteiger partial charge < -0.3 is 11.1 Å². The van der Waals surface area contributed by atoms with E-state index in [4.69, 9.17) is 5.73 Å². The highest BCUT2D eigenvalue weighted by Crippen LogP contribution is 2.18. The largest absolute Gasteiger partial charge is 0.365 e. The SMILES string of the molecule is Cc1cc2c(NC(CCN)C(C)C)nccn2n1. The summed E-state index contributed by atoms with van der Waals surface area (Å²) in [7, 11) is 0. The summed E-state index contributed by atoms with van der Waals surface area (Å²) in [6.45, 7) is 7.04. The summed E-state index contributed by atoms with van der Waals surface area (Å²) in [6.07, 6.45) is 4.57. The molecule has 2 heterocycles. The first-order chi connectivity index (χ1) is 8.61. The molecule has 0 saturated carbocycles. The Morgan fingerprint density at radius 3 is 2.89 bits per heavy atom. The first-order valence-electron chi connectivity index (χ1n) is 6.39. The zero-order chi connectivity index (χ0) is 13.1. The maximum absolute atomic E-state index is 5.66. The molecule has 0 aliphatic heterocycles. The van der Waals surface area contributed by atoms with Crippen LogP contribution in [0.2, 0.25) is 0 Å². The predicted molar refractivity (Wildman–Crippen MR) is 73.6 cm³/mol. The fourth-order valence-electron chi connectivity index (χ4n) is 2.08. The average molecular weight is 247 g/mol. The molecule has 5 heteroatoms. The topological polar surface area (TPSA) is 68.2 Å². The van der Waals surface area contributed by atoms with E-state index in [1.54, 1.807) is 6.20 Å². The number of anilines is 1. The summed E-state index contributed by atoms with van der Waals surface area (Å²) in [5.74, 6) is 1.39. The molecular weight excluding hydrogens is 226 g/mol. The summed E-state index contributed by atoms with van der Waals surface area (Å²) < 4.78 is 1.85. The van der Waals surface area contributed by atoms with Crippen LogP contribution in [0.5, 0.6) is 0 Å². The second kappa shape index (κ2) is 5.35. The molecule has 1 unspecified atom stereocenters. The van der Waals surface area contributed by atoms with Crippen LogP contribution in [0.3, 0.4) is 0 Å². The van der Waals surface area contributed by atoms with Crippen molar-refractivity contribution in [3.63, 3.8) is 0 Å². The monoisotopic (exact) mass is 247 g/mol. The van der Waals surface area contributed by atoms with E-state index >= 15 is 0 Å². The van der Waals surface area contributed by atoms with Gasteiger partial charge in [0, 0.05) is 18.4 Å². The van der Waals surface area contributed by atoms with Gasteiger partial charge in [0.05, 0.1) is 5.69 Å².